The molecule has 0 spiro atoms. The fourth-order valence-electron chi connectivity index (χ4n) is 2.58. The van der Waals surface area contributed by atoms with Crippen LogP contribution in [0.2, 0.25) is 0 Å². The van der Waals surface area contributed by atoms with E-state index in [1.165, 1.54) is 11.3 Å². The first kappa shape index (κ1) is 18.1. The van der Waals surface area contributed by atoms with E-state index in [0.29, 0.717) is 23.3 Å². The number of benzene rings is 1. The molecule has 0 radical (unpaired) electrons. The average molecular weight is 370 g/mol. The predicted octanol–water partition coefficient (Wildman–Crippen LogP) is 4.30. The molecule has 26 heavy (non-hydrogen) atoms. The number of amides is 1. The molecule has 136 valence electrons. The highest BCUT2D eigenvalue weighted by Gasteiger charge is 2.15. The van der Waals surface area contributed by atoms with Crippen molar-refractivity contribution in [1.82, 2.24) is 14.8 Å². The van der Waals surface area contributed by atoms with Gasteiger partial charge in [-0.25, -0.2) is 4.98 Å². The van der Waals surface area contributed by atoms with Crippen LogP contribution in [0.5, 0.6) is 5.75 Å². The van der Waals surface area contributed by atoms with E-state index in [0.717, 1.165) is 22.7 Å². The van der Waals surface area contributed by atoms with Crippen LogP contribution in [0, 0.1) is 12.8 Å². The first-order valence-electron chi connectivity index (χ1n) is 8.43. The summed E-state index contributed by atoms with van der Waals surface area (Å²) < 4.78 is 6.96. The van der Waals surface area contributed by atoms with E-state index in [1.807, 2.05) is 56.5 Å². The van der Waals surface area contributed by atoms with Gasteiger partial charge in [-0.05, 0) is 25.0 Å². The number of rotatable bonds is 6. The Hall–Kier alpha value is -2.67. The normalized spacial score (nSPS) is 11.0. The molecule has 7 heteroatoms. The van der Waals surface area contributed by atoms with Gasteiger partial charge in [-0.1, -0.05) is 26.0 Å². The van der Waals surface area contributed by atoms with E-state index in [9.17, 15) is 4.79 Å². The lowest BCUT2D eigenvalue weighted by atomic mass is 10.1. The molecule has 0 fully saturated rings. The lowest BCUT2D eigenvalue weighted by Crippen LogP contribution is -2.16. The van der Waals surface area contributed by atoms with Crippen LogP contribution < -0.4 is 10.1 Å². The highest BCUT2D eigenvalue weighted by molar-refractivity contribution is 7.12. The molecule has 0 saturated carbocycles. The van der Waals surface area contributed by atoms with Gasteiger partial charge >= 0.3 is 0 Å². The van der Waals surface area contributed by atoms with E-state index >= 15 is 0 Å². The Balaban J connectivity index is 1.88. The van der Waals surface area contributed by atoms with Gasteiger partial charge in [0.2, 0.25) is 11.0 Å². The SMILES string of the molecule is COc1cccc(-c2csc(-n3nc(C)cc3NC(=O)CC(C)C)n2)c1. The number of aromatic nitrogens is 3. The Bertz CT molecular complexity index is 914. The summed E-state index contributed by atoms with van der Waals surface area (Å²) in [5, 5.41) is 10.1. The Morgan fingerprint density at radius 1 is 1.35 bits per heavy atom. The van der Waals surface area contributed by atoms with Crippen LogP contribution in [0.4, 0.5) is 5.82 Å². The number of hydrogen-bond acceptors (Lipinski definition) is 5. The number of thiazole rings is 1. The Morgan fingerprint density at radius 2 is 2.15 bits per heavy atom. The Labute approximate surface area is 156 Å². The van der Waals surface area contributed by atoms with Crippen molar-refractivity contribution in [3.63, 3.8) is 0 Å². The number of hydrogen-bond donors (Lipinski definition) is 1. The summed E-state index contributed by atoms with van der Waals surface area (Å²) in [6.07, 6.45) is 0.469. The maximum Gasteiger partial charge on any atom is 0.225 e. The van der Waals surface area contributed by atoms with E-state index in [1.54, 1.807) is 11.8 Å². The number of aryl methyl sites for hydroxylation is 1. The second-order valence-corrected chi connectivity index (χ2v) is 7.31. The predicted molar refractivity (Wildman–Crippen MR) is 104 cm³/mol. The van der Waals surface area contributed by atoms with Gasteiger partial charge < -0.3 is 10.1 Å². The van der Waals surface area contributed by atoms with Gasteiger partial charge in [0.25, 0.3) is 0 Å². The van der Waals surface area contributed by atoms with Crippen molar-refractivity contribution in [2.75, 3.05) is 12.4 Å². The van der Waals surface area contributed by atoms with Gasteiger partial charge in [0.1, 0.15) is 11.6 Å². The van der Waals surface area contributed by atoms with Crippen molar-refractivity contribution in [1.29, 1.82) is 0 Å². The van der Waals surface area contributed by atoms with Crippen LogP contribution in [0.25, 0.3) is 16.4 Å². The zero-order valence-corrected chi connectivity index (χ0v) is 16.1. The van der Waals surface area contributed by atoms with Gasteiger partial charge in [0.15, 0.2) is 0 Å². The standard InChI is InChI=1S/C19H22N4O2S/c1-12(2)8-18(24)21-17-9-13(3)22-23(17)19-20-16(11-26-19)14-6-5-7-15(10-14)25-4/h5-7,9-12H,8H2,1-4H3,(H,21,24). The van der Waals surface area contributed by atoms with Crippen molar-refractivity contribution >= 4 is 23.1 Å². The van der Waals surface area contributed by atoms with Crippen LogP contribution in [0.1, 0.15) is 26.0 Å². The minimum atomic E-state index is -0.0225. The zero-order valence-electron chi connectivity index (χ0n) is 15.3. The third-order valence-corrected chi connectivity index (χ3v) is 4.55. The minimum absolute atomic E-state index is 0.0225. The number of methoxy groups -OCH3 is 1. The smallest absolute Gasteiger partial charge is 0.225 e. The third kappa shape index (κ3) is 4.11. The molecule has 3 rings (SSSR count). The van der Waals surface area contributed by atoms with Gasteiger partial charge in [0, 0.05) is 23.4 Å². The van der Waals surface area contributed by atoms with Gasteiger partial charge in [-0.3, -0.25) is 4.79 Å². The highest BCUT2D eigenvalue weighted by atomic mass is 32.1. The maximum absolute atomic E-state index is 12.1. The second kappa shape index (κ2) is 7.70. The fourth-order valence-corrected chi connectivity index (χ4v) is 3.37. The molecule has 0 aliphatic heterocycles. The maximum atomic E-state index is 12.1. The largest absolute Gasteiger partial charge is 0.497 e. The minimum Gasteiger partial charge on any atom is -0.497 e. The first-order valence-corrected chi connectivity index (χ1v) is 9.31. The molecule has 3 aromatic rings. The molecule has 0 aliphatic carbocycles. The van der Waals surface area contributed by atoms with Crippen molar-refractivity contribution < 1.29 is 9.53 Å². The topological polar surface area (TPSA) is 69.0 Å². The van der Waals surface area contributed by atoms with Crippen molar-refractivity contribution in [3.8, 4) is 22.1 Å². The lowest BCUT2D eigenvalue weighted by molar-refractivity contribution is -0.116. The van der Waals surface area contributed by atoms with Gasteiger partial charge in [0.05, 0.1) is 18.5 Å². The van der Waals surface area contributed by atoms with Crippen LogP contribution in [0.3, 0.4) is 0 Å². The summed E-state index contributed by atoms with van der Waals surface area (Å²) in [5.74, 6) is 1.70. The summed E-state index contributed by atoms with van der Waals surface area (Å²) in [6.45, 7) is 5.93. The molecular weight excluding hydrogens is 348 g/mol. The summed E-state index contributed by atoms with van der Waals surface area (Å²) in [6, 6.07) is 9.61. The second-order valence-electron chi connectivity index (χ2n) is 6.48. The molecule has 6 nitrogen and oxygen atoms in total. The Morgan fingerprint density at radius 3 is 2.88 bits per heavy atom. The first-order chi connectivity index (χ1) is 12.5. The van der Waals surface area contributed by atoms with E-state index in [2.05, 4.69) is 15.4 Å². The number of nitrogens with one attached hydrogen (secondary N) is 1. The van der Waals surface area contributed by atoms with Crippen LogP contribution >= 0.6 is 11.3 Å². The van der Waals surface area contributed by atoms with E-state index < -0.39 is 0 Å². The third-order valence-electron chi connectivity index (χ3n) is 3.73. The average Bonchev–Trinajstić information content (AvgIpc) is 3.21. The number of carbonyl (C=O) groups is 1. The van der Waals surface area contributed by atoms with Crippen molar-refractivity contribution in [3.05, 3.63) is 41.4 Å². The summed E-state index contributed by atoms with van der Waals surface area (Å²) in [7, 11) is 1.64. The zero-order chi connectivity index (χ0) is 18.7. The molecule has 2 heterocycles. The monoisotopic (exact) mass is 370 g/mol. The van der Waals surface area contributed by atoms with Gasteiger partial charge in [-0.2, -0.15) is 9.78 Å². The fraction of sp³-hybridized carbons (Fsp3) is 0.316. The molecule has 0 aliphatic rings. The van der Waals surface area contributed by atoms with Crippen LogP contribution in [-0.2, 0) is 4.79 Å². The number of nitrogens with zero attached hydrogens (tertiary/aromatic N) is 3. The lowest BCUT2D eigenvalue weighted by Gasteiger charge is -2.08. The molecule has 1 N–H and O–H groups in total. The van der Waals surface area contributed by atoms with Gasteiger partial charge in [-0.15, -0.1) is 11.3 Å². The summed E-state index contributed by atoms with van der Waals surface area (Å²) in [4.78, 5) is 16.8. The number of ether oxygens (including phenoxy) is 1. The molecule has 2 aromatic heterocycles. The van der Waals surface area contributed by atoms with Crippen molar-refractivity contribution in [2.24, 2.45) is 5.92 Å². The number of anilines is 1. The summed E-state index contributed by atoms with van der Waals surface area (Å²) >= 11 is 1.48. The molecule has 0 saturated heterocycles. The molecule has 0 bridgehead atoms. The van der Waals surface area contributed by atoms with E-state index in [4.69, 9.17) is 4.74 Å². The van der Waals surface area contributed by atoms with E-state index in [-0.39, 0.29) is 5.91 Å². The molecule has 0 atom stereocenters. The van der Waals surface area contributed by atoms with Crippen LogP contribution in [-0.4, -0.2) is 27.8 Å². The Kier molecular flexibility index (Phi) is 5.37. The quantitative estimate of drug-likeness (QED) is 0.702. The molecule has 1 aromatic carbocycles. The van der Waals surface area contributed by atoms with Crippen molar-refractivity contribution in [2.45, 2.75) is 27.2 Å². The molecule has 0 unspecified atom stereocenters. The van der Waals surface area contributed by atoms with Crippen LogP contribution in [0.15, 0.2) is 35.7 Å². The summed E-state index contributed by atoms with van der Waals surface area (Å²) in [5.41, 5.74) is 2.64. The number of carbonyl (C=O) groups excluding carboxylic acids is 1. The molecule has 1 amide bonds. The molecular formula is C19H22N4O2S. The highest BCUT2D eigenvalue weighted by Crippen LogP contribution is 2.28.